The predicted octanol–water partition coefficient (Wildman–Crippen LogP) is 0.775. The number of hydrogen-bond donors (Lipinski definition) is 1. The summed E-state index contributed by atoms with van der Waals surface area (Å²) in [5, 5.41) is 11.8. The molecule has 1 aliphatic rings. The van der Waals surface area contributed by atoms with Crippen LogP contribution in [0.15, 0.2) is 29.4 Å². The maximum Gasteiger partial charge on any atom is 0.326 e. The molecule has 1 aromatic rings. The lowest BCUT2D eigenvalue weighted by Crippen LogP contribution is -2.35. The van der Waals surface area contributed by atoms with Crippen LogP contribution in [-0.2, 0) is 14.3 Å². The Labute approximate surface area is 103 Å². The molecular weight excluding hydrogens is 236 g/mol. The van der Waals surface area contributed by atoms with Gasteiger partial charge in [0.05, 0.1) is 12.3 Å². The zero-order valence-electron chi connectivity index (χ0n) is 9.79. The van der Waals surface area contributed by atoms with E-state index in [9.17, 15) is 9.59 Å². The maximum atomic E-state index is 12.0. The third kappa shape index (κ3) is 1.92. The van der Waals surface area contributed by atoms with Crippen molar-refractivity contribution < 1.29 is 19.5 Å². The number of rotatable bonds is 3. The average Bonchev–Trinajstić information content (AvgIpc) is 2.63. The summed E-state index contributed by atoms with van der Waals surface area (Å²) < 4.78 is 4.80. The molecule has 0 aromatic heterocycles. The van der Waals surface area contributed by atoms with Gasteiger partial charge in [-0.15, -0.1) is 0 Å². The largest absolute Gasteiger partial charge is 0.465 e. The number of oxime groups is 1. The van der Waals surface area contributed by atoms with Crippen molar-refractivity contribution in [2.75, 3.05) is 18.1 Å². The van der Waals surface area contributed by atoms with E-state index in [0.29, 0.717) is 11.3 Å². The van der Waals surface area contributed by atoms with Crippen molar-refractivity contribution in [3.05, 3.63) is 29.8 Å². The summed E-state index contributed by atoms with van der Waals surface area (Å²) in [6, 6.07) is 6.81. The van der Waals surface area contributed by atoms with Crippen LogP contribution in [0.25, 0.3) is 0 Å². The van der Waals surface area contributed by atoms with Gasteiger partial charge < -0.3 is 9.94 Å². The normalized spacial score (nSPS) is 15.9. The van der Waals surface area contributed by atoms with Gasteiger partial charge in [0.2, 0.25) is 0 Å². The Hall–Kier alpha value is -2.37. The van der Waals surface area contributed by atoms with Crippen LogP contribution >= 0.6 is 0 Å². The maximum absolute atomic E-state index is 12.0. The summed E-state index contributed by atoms with van der Waals surface area (Å²) in [4.78, 5) is 24.6. The van der Waals surface area contributed by atoms with Crippen LogP contribution in [0.3, 0.4) is 0 Å². The lowest BCUT2D eigenvalue weighted by molar-refractivity contribution is -0.142. The quantitative estimate of drug-likeness (QED) is 0.487. The van der Waals surface area contributed by atoms with Crippen LogP contribution in [0.5, 0.6) is 0 Å². The number of para-hydroxylation sites is 1. The molecule has 18 heavy (non-hydrogen) atoms. The first-order valence-corrected chi connectivity index (χ1v) is 5.48. The Morgan fingerprint density at radius 1 is 1.44 bits per heavy atom. The lowest BCUT2D eigenvalue weighted by atomic mass is 10.1. The van der Waals surface area contributed by atoms with E-state index in [1.165, 1.54) is 4.90 Å². The number of hydrogen-bond acceptors (Lipinski definition) is 5. The van der Waals surface area contributed by atoms with Crippen LogP contribution < -0.4 is 4.90 Å². The van der Waals surface area contributed by atoms with Crippen LogP contribution in [-0.4, -0.2) is 35.9 Å². The van der Waals surface area contributed by atoms with Gasteiger partial charge in [-0.2, -0.15) is 0 Å². The molecule has 0 unspecified atom stereocenters. The minimum atomic E-state index is -0.508. The molecular formula is C12H12N2O4. The molecule has 0 spiro atoms. The molecule has 1 N–H and O–H groups in total. The van der Waals surface area contributed by atoms with Crippen molar-refractivity contribution in [1.29, 1.82) is 0 Å². The number of amides is 1. The summed E-state index contributed by atoms with van der Waals surface area (Å²) in [5.41, 5.74) is 0.993. The third-order valence-corrected chi connectivity index (χ3v) is 2.59. The first-order chi connectivity index (χ1) is 8.69. The molecule has 0 saturated heterocycles. The van der Waals surface area contributed by atoms with Crippen molar-refractivity contribution in [1.82, 2.24) is 0 Å². The third-order valence-electron chi connectivity index (χ3n) is 2.59. The molecule has 94 valence electrons. The van der Waals surface area contributed by atoms with E-state index in [4.69, 9.17) is 9.94 Å². The number of carbonyl (C=O) groups excluding carboxylic acids is 2. The standard InChI is InChI=1S/C12H12N2O4/c1-2-18-10(15)7-14-9-6-4-3-5-8(9)11(13-17)12(14)16/h3-6,17H,2,7H2,1H3. The van der Waals surface area contributed by atoms with Gasteiger partial charge in [-0.05, 0) is 13.0 Å². The highest BCUT2D eigenvalue weighted by Crippen LogP contribution is 2.28. The van der Waals surface area contributed by atoms with Gasteiger partial charge in [0.15, 0.2) is 5.71 Å². The van der Waals surface area contributed by atoms with Gasteiger partial charge in [0.1, 0.15) is 6.54 Å². The van der Waals surface area contributed by atoms with Crippen LogP contribution in [0.1, 0.15) is 12.5 Å². The number of benzene rings is 1. The molecule has 1 amide bonds. The second-order valence-corrected chi connectivity index (χ2v) is 3.66. The van der Waals surface area contributed by atoms with Crippen molar-refractivity contribution in [2.24, 2.45) is 5.16 Å². The molecule has 0 fully saturated rings. The molecule has 0 radical (unpaired) electrons. The van der Waals surface area contributed by atoms with Gasteiger partial charge >= 0.3 is 5.97 Å². The monoisotopic (exact) mass is 248 g/mol. The molecule has 6 nitrogen and oxygen atoms in total. The molecule has 6 heteroatoms. The highest BCUT2D eigenvalue weighted by Gasteiger charge is 2.35. The second-order valence-electron chi connectivity index (χ2n) is 3.66. The Morgan fingerprint density at radius 3 is 2.83 bits per heavy atom. The zero-order chi connectivity index (χ0) is 13.1. The van der Waals surface area contributed by atoms with Crippen molar-refractivity contribution in [3.63, 3.8) is 0 Å². The zero-order valence-corrected chi connectivity index (χ0v) is 9.79. The Kier molecular flexibility index (Phi) is 3.27. The molecule has 0 saturated carbocycles. The number of esters is 1. The van der Waals surface area contributed by atoms with Gasteiger partial charge in [-0.25, -0.2) is 0 Å². The summed E-state index contributed by atoms with van der Waals surface area (Å²) in [6.45, 7) is 1.75. The molecule has 1 aromatic carbocycles. The van der Waals surface area contributed by atoms with Gasteiger partial charge in [0, 0.05) is 5.56 Å². The van der Waals surface area contributed by atoms with Gasteiger partial charge in [-0.3, -0.25) is 14.5 Å². The first kappa shape index (κ1) is 12.1. The molecule has 1 heterocycles. The summed E-state index contributed by atoms with van der Waals surface area (Å²) in [7, 11) is 0. The highest BCUT2D eigenvalue weighted by atomic mass is 16.5. The minimum Gasteiger partial charge on any atom is -0.465 e. The van der Waals surface area contributed by atoms with Crippen LogP contribution in [0, 0.1) is 0 Å². The van der Waals surface area contributed by atoms with Crippen molar-refractivity contribution >= 4 is 23.3 Å². The molecule has 1 aliphatic heterocycles. The predicted molar refractivity (Wildman–Crippen MR) is 63.8 cm³/mol. The van der Waals surface area contributed by atoms with Crippen molar-refractivity contribution in [2.45, 2.75) is 6.92 Å². The molecule has 0 bridgehead atoms. The molecule has 2 rings (SSSR count). The Balaban J connectivity index is 2.33. The van der Waals surface area contributed by atoms with E-state index in [1.807, 2.05) is 0 Å². The lowest BCUT2D eigenvalue weighted by Gasteiger charge is -2.15. The smallest absolute Gasteiger partial charge is 0.326 e. The van der Waals surface area contributed by atoms with Crippen LogP contribution in [0.4, 0.5) is 5.69 Å². The van der Waals surface area contributed by atoms with E-state index >= 15 is 0 Å². The fraction of sp³-hybridized carbons (Fsp3) is 0.250. The summed E-state index contributed by atoms with van der Waals surface area (Å²) in [6.07, 6.45) is 0. The number of nitrogens with zero attached hydrogens (tertiary/aromatic N) is 2. The minimum absolute atomic E-state index is 0.0603. The van der Waals surface area contributed by atoms with Crippen molar-refractivity contribution in [3.8, 4) is 0 Å². The topological polar surface area (TPSA) is 79.2 Å². The van der Waals surface area contributed by atoms with Gasteiger partial charge in [0.25, 0.3) is 5.91 Å². The summed E-state index contributed by atoms with van der Waals surface area (Å²) >= 11 is 0. The fourth-order valence-electron chi connectivity index (χ4n) is 1.85. The van der Waals surface area contributed by atoms with Gasteiger partial charge in [-0.1, -0.05) is 23.4 Å². The summed E-state index contributed by atoms with van der Waals surface area (Å²) in [5.74, 6) is -1.01. The second kappa shape index (κ2) is 4.87. The number of carbonyl (C=O) groups is 2. The Bertz CT molecular complexity index is 525. The van der Waals surface area contributed by atoms with E-state index in [0.717, 1.165) is 0 Å². The van der Waals surface area contributed by atoms with E-state index in [2.05, 4.69) is 5.16 Å². The average molecular weight is 248 g/mol. The fourth-order valence-corrected chi connectivity index (χ4v) is 1.85. The van der Waals surface area contributed by atoms with E-state index in [1.54, 1.807) is 31.2 Å². The molecule has 0 aliphatic carbocycles. The number of anilines is 1. The Morgan fingerprint density at radius 2 is 2.17 bits per heavy atom. The highest BCUT2D eigenvalue weighted by molar-refractivity contribution is 6.54. The molecule has 0 atom stereocenters. The number of ether oxygens (including phenoxy) is 1. The van der Waals surface area contributed by atoms with Crippen LogP contribution in [0.2, 0.25) is 0 Å². The SMILES string of the molecule is CCOC(=O)CN1C(=O)C(=NO)c2ccccc21. The first-order valence-electron chi connectivity index (χ1n) is 5.48. The number of fused-ring (bicyclic) bond motifs is 1. The van der Waals surface area contributed by atoms with E-state index in [-0.39, 0.29) is 18.9 Å². The van der Waals surface area contributed by atoms with E-state index < -0.39 is 11.9 Å².